The molecule has 0 aliphatic heterocycles. The lowest BCUT2D eigenvalue weighted by Crippen LogP contribution is -1.90. The quantitative estimate of drug-likeness (QED) is 0.619. The second kappa shape index (κ2) is 4.09. The summed E-state index contributed by atoms with van der Waals surface area (Å²) in [6.45, 7) is 0. The van der Waals surface area contributed by atoms with E-state index in [0.717, 1.165) is 3.57 Å². The maximum Gasteiger partial charge on any atom is 0.151 e. The number of carbonyl (C=O) groups excluding carboxylic acids is 1. The third-order valence-electron chi connectivity index (χ3n) is 1.40. The summed E-state index contributed by atoms with van der Waals surface area (Å²) in [5, 5.41) is 0.454. The molecule has 2 nitrogen and oxygen atoms in total. The van der Waals surface area contributed by atoms with E-state index in [1.165, 1.54) is 0 Å². The number of rotatable bonds is 2. The van der Waals surface area contributed by atoms with Crippen LogP contribution in [-0.2, 0) is 0 Å². The van der Waals surface area contributed by atoms with Crippen LogP contribution >= 0.6 is 34.2 Å². The zero-order chi connectivity index (χ0) is 9.14. The summed E-state index contributed by atoms with van der Waals surface area (Å²) < 4.78 is 5.91. The molecule has 0 unspecified atom stereocenters. The Kier molecular flexibility index (Phi) is 3.34. The van der Waals surface area contributed by atoms with Gasteiger partial charge < -0.3 is 4.74 Å². The van der Waals surface area contributed by atoms with Gasteiger partial charge in [0.2, 0.25) is 0 Å². The number of ether oxygens (including phenoxy) is 1. The Labute approximate surface area is 89.0 Å². The van der Waals surface area contributed by atoms with Gasteiger partial charge in [-0.3, -0.25) is 4.79 Å². The normalized spacial score (nSPS) is 9.58. The molecule has 1 aromatic rings. The molecule has 0 saturated carbocycles. The van der Waals surface area contributed by atoms with Crippen LogP contribution in [0.5, 0.6) is 5.75 Å². The van der Waals surface area contributed by atoms with E-state index in [1.807, 2.05) is 0 Å². The topological polar surface area (TPSA) is 26.3 Å². The minimum absolute atomic E-state index is 0.453. The molecule has 0 aromatic heterocycles. The van der Waals surface area contributed by atoms with Crippen molar-refractivity contribution < 1.29 is 9.53 Å². The van der Waals surface area contributed by atoms with Crippen molar-refractivity contribution >= 4 is 40.5 Å². The Morgan fingerprint density at radius 3 is 2.75 bits per heavy atom. The van der Waals surface area contributed by atoms with Crippen LogP contribution < -0.4 is 4.74 Å². The maximum atomic E-state index is 10.5. The predicted molar refractivity (Wildman–Crippen MR) is 56.1 cm³/mol. The van der Waals surface area contributed by atoms with Crippen molar-refractivity contribution in [1.82, 2.24) is 0 Å². The van der Waals surface area contributed by atoms with Gasteiger partial charge in [0.15, 0.2) is 6.29 Å². The third kappa shape index (κ3) is 1.90. The first-order valence-corrected chi connectivity index (χ1v) is 4.63. The highest BCUT2D eigenvalue weighted by Gasteiger charge is 2.05. The van der Waals surface area contributed by atoms with Gasteiger partial charge in [-0.1, -0.05) is 11.6 Å². The Morgan fingerprint density at radius 1 is 1.58 bits per heavy atom. The number of hydrogen-bond acceptors (Lipinski definition) is 2. The van der Waals surface area contributed by atoms with Crippen LogP contribution in [-0.4, -0.2) is 13.4 Å². The summed E-state index contributed by atoms with van der Waals surface area (Å²) in [5.74, 6) is 0.669. The van der Waals surface area contributed by atoms with E-state index in [2.05, 4.69) is 22.6 Å². The number of hydrogen-bond donors (Lipinski definition) is 0. The fourth-order valence-electron chi connectivity index (χ4n) is 0.792. The highest BCUT2D eigenvalue weighted by Crippen LogP contribution is 2.26. The highest BCUT2D eigenvalue weighted by molar-refractivity contribution is 14.1. The van der Waals surface area contributed by atoms with Gasteiger partial charge in [-0.15, -0.1) is 0 Å². The molecule has 0 bridgehead atoms. The highest BCUT2D eigenvalue weighted by atomic mass is 127. The lowest BCUT2D eigenvalue weighted by atomic mass is 10.2. The molecule has 1 aromatic carbocycles. The fourth-order valence-corrected chi connectivity index (χ4v) is 1.87. The van der Waals surface area contributed by atoms with Gasteiger partial charge in [0.05, 0.1) is 15.7 Å². The average molecular weight is 296 g/mol. The van der Waals surface area contributed by atoms with E-state index in [9.17, 15) is 4.79 Å². The lowest BCUT2D eigenvalue weighted by molar-refractivity contribution is 0.112. The third-order valence-corrected chi connectivity index (χ3v) is 2.57. The smallest absolute Gasteiger partial charge is 0.151 e. The zero-order valence-corrected chi connectivity index (χ0v) is 9.22. The van der Waals surface area contributed by atoms with E-state index in [4.69, 9.17) is 16.3 Å². The van der Waals surface area contributed by atoms with Crippen LogP contribution in [0.1, 0.15) is 10.4 Å². The van der Waals surface area contributed by atoms with Crippen LogP contribution in [0.15, 0.2) is 12.1 Å². The standard InChI is InChI=1S/C8H6ClIO2/c1-12-8-2-5(4-11)6(9)3-7(8)10/h2-4H,1H3. The van der Waals surface area contributed by atoms with Crippen molar-refractivity contribution in [2.45, 2.75) is 0 Å². The summed E-state index contributed by atoms with van der Waals surface area (Å²) in [5.41, 5.74) is 0.453. The molecule has 1 rings (SSSR count). The summed E-state index contributed by atoms with van der Waals surface area (Å²) >= 11 is 7.86. The molecule has 0 saturated heterocycles. The second-order valence-corrected chi connectivity index (χ2v) is 3.70. The molecule has 0 aliphatic carbocycles. The van der Waals surface area contributed by atoms with Crippen molar-refractivity contribution in [1.29, 1.82) is 0 Å². The van der Waals surface area contributed by atoms with Gasteiger partial charge in [0.1, 0.15) is 5.75 Å². The Hall–Kier alpha value is -0.290. The first-order valence-electron chi connectivity index (χ1n) is 3.17. The first kappa shape index (κ1) is 9.80. The Bertz CT molecular complexity index is 312. The van der Waals surface area contributed by atoms with Crippen molar-refractivity contribution in [3.63, 3.8) is 0 Å². The molecule has 12 heavy (non-hydrogen) atoms. The van der Waals surface area contributed by atoms with Crippen LogP contribution in [0, 0.1) is 3.57 Å². The largest absolute Gasteiger partial charge is 0.496 e. The molecule has 0 N–H and O–H groups in total. The molecule has 0 aliphatic rings. The molecule has 4 heteroatoms. The van der Waals surface area contributed by atoms with Crippen LogP contribution in [0.3, 0.4) is 0 Å². The zero-order valence-electron chi connectivity index (χ0n) is 6.30. The monoisotopic (exact) mass is 296 g/mol. The first-order chi connectivity index (χ1) is 5.69. The van der Waals surface area contributed by atoms with E-state index in [0.29, 0.717) is 22.6 Å². The average Bonchev–Trinajstić information content (AvgIpc) is 2.05. The summed E-state index contributed by atoms with van der Waals surface area (Å²) in [6, 6.07) is 3.32. The number of aldehydes is 1. The molecule has 0 atom stereocenters. The molecular weight excluding hydrogens is 290 g/mol. The van der Waals surface area contributed by atoms with E-state index >= 15 is 0 Å². The fraction of sp³-hybridized carbons (Fsp3) is 0.125. The summed E-state index contributed by atoms with van der Waals surface area (Å²) in [7, 11) is 1.56. The molecule has 0 fully saturated rings. The minimum Gasteiger partial charge on any atom is -0.496 e. The van der Waals surface area contributed by atoms with Crippen LogP contribution in [0.25, 0.3) is 0 Å². The van der Waals surface area contributed by atoms with Gasteiger partial charge in [-0.25, -0.2) is 0 Å². The van der Waals surface area contributed by atoms with Gasteiger partial charge in [0.25, 0.3) is 0 Å². The van der Waals surface area contributed by atoms with Crippen LogP contribution in [0.2, 0.25) is 5.02 Å². The Morgan fingerprint density at radius 2 is 2.25 bits per heavy atom. The van der Waals surface area contributed by atoms with Crippen molar-refractivity contribution in [2.24, 2.45) is 0 Å². The van der Waals surface area contributed by atoms with E-state index < -0.39 is 0 Å². The SMILES string of the molecule is COc1cc(C=O)c(Cl)cc1I. The molecule has 0 radical (unpaired) electrons. The number of benzene rings is 1. The van der Waals surface area contributed by atoms with Gasteiger partial charge in [-0.05, 0) is 34.7 Å². The number of methoxy groups -OCH3 is 1. The Balaban J connectivity index is 3.26. The molecule has 0 spiro atoms. The number of carbonyl (C=O) groups is 1. The van der Waals surface area contributed by atoms with E-state index in [1.54, 1.807) is 19.2 Å². The predicted octanol–water partition coefficient (Wildman–Crippen LogP) is 2.77. The lowest BCUT2D eigenvalue weighted by Gasteiger charge is -2.04. The van der Waals surface area contributed by atoms with Gasteiger partial charge >= 0.3 is 0 Å². The second-order valence-electron chi connectivity index (χ2n) is 2.13. The van der Waals surface area contributed by atoms with Crippen molar-refractivity contribution in [3.8, 4) is 5.75 Å². The molecule has 0 heterocycles. The van der Waals surface area contributed by atoms with Gasteiger partial charge in [-0.2, -0.15) is 0 Å². The van der Waals surface area contributed by atoms with E-state index in [-0.39, 0.29) is 0 Å². The number of halogens is 2. The van der Waals surface area contributed by atoms with Crippen molar-refractivity contribution in [3.05, 3.63) is 26.3 Å². The minimum atomic E-state index is 0.453. The summed E-state index contributed by atoms with van der Waals surface area (Å²) in [6.07, 6.45) is 0.709. The molecule has 64 valence electrons. The van der Waals surface area contributed by atoms with Crippen LogP contribution in [0.4, 0.5) is 0 Å². The molecule has 0 amide bonds. The summed E-state index contributed by atoms with van der Waals surface area (Å²) in [4.78, 5) is 10.5. The van der Waals surface area contributed by atoms with Gasteiger partial charge in [0, 0.05) is 5.56 Å². The molecular formula is C8H6ClIO2. The maximum absolute atomic E-state index is 10.5. The van der Waals surface area contributed by atoms with Crippen molar-refractivity contribution in [2.75, 3.05) is 7.11 Å².